The van der Waals surface area contributed by atoms with Gasteiger partial charge in [-0.25, -0.2) is 0 Å². The van der Waals surface area contributed by atoms with E-state index in [0.29, 0.717) is 6.54 Å². The predicted molar refractivity (Wildman–Crippen MR) is 98.4 cm³/mol. The zero-order chi connectivity index (χ0) is 14.5. The van der Waals surface area contributed by atoms with Gasteiger partial charge in [-0.2, -0.15) is 0 Å². The molecule has 1 aliphatic heterocycles. The maximum absolute atomic E-state index is 5.39. The maximum Gasteiger partial charge on any atom is 0.194 e. The summed E-state index contributed by atoms with van der Waals surface area (Å²) in [5.41, 5.74) is 1.93. The summed E-state index contributed by atoms with van der Waals surface area (Å²) in [7, 11) is 1.82. The number of likely N-dealkylation sites (tertiary alicyclic amines) is 1. The summed E-state index contributed by atoms with van der Waals surface area (Å²) in [6.45, 7) is 2.75. The second kappa shape index (κ2) is 8.17. The minimum atomic E-state index is 0. The molecule has 0 atom stereocenters. The number of hydrogen-bond donors (Lipinski definition) is 1. The lowest BCUT2D eigenvalue weighted by Gasteiger charge is -2.20. The minimum Gasteiger partial charge on any atom is -0.359 e. The van der Waals surface area contributed by atoms with Crippen molar-refractivity contribution in [3.63, 3.8) is 0 Å². The number of aromatic nitrogens is 1. The van der Waals surface area contributed by atoms with Gasteiger partial charge in [0.25, 0.3) is 0 Å². The van der Waals surface area contributed by atoms with Crippen molar-refractivity contribution in [1.82, 2.24) is 15.4 Å². The van der Waals surface area contributed by atoms with Crippen molar-refractivity contribution >= 4 is 29.9 Å². The smallest absolute Gasteiger partial charge is 0.194 e. The second-order valence-corrected chi connectivity index (χ2v) is 5.14. The van der Waals surface area contributed by atoms with E-state index in [1.54, 1.807) is 0 Å². The lowest BCUT2D eigenvalue weighted by molar-refractivity contribution is 0.378. The Morgan fingerprint density at radius 2 is 2.00 bits per heavy atom. The summed E-state index contributed by atoms with van der Waals surface area (Å²) in [6.07, 6.45) is 2.47. The standard InChI is InChI=1S/C16H20N4O.HI/c1-17-16(20-9-5-6-10-20)18-12-14-11-15(19-21-14)13-7-3-2-4-8-13;/h2-4,7-8,11H,5-6,9-10,12H2,1H3,(H,17,18);1H. The van der Waals surface area contributed by atoms with E-state index >= 15 is 0 Å². The monoisotopic (exact) mass is 412 g/mol. The maximum atomic E-state index is 5.39. The molecule has 1 aromatic heterocycles. The lowest BCUT2D eigenvalue weighted by atomic mass is 10.1. The van der Waals surface area contributed by atoms with Gasteiger partial charge in [0.15, 0.2) is 11.7 Å². The van der Waals surface area contributed by atoms with Gasteiger partial charge in [-0.1, -0.05) is 35.5 Å². The van der Waals surface area contributed by atoms with Crippen LogP contribution in [0.1, 0.15) is 18.6 Å². The fourth-order valence-electron chi connectivity index (χ4n) is 2.57. The molecule has 0 bridgehead atoms. The lowest BCUT2D eigenvalue weighted by Crippen LogP contribution is -2.39. The Hall–Kier alpha value is -1.57. The molecule has 2 aromatic rings. The number of nitrogens with zero attached hydrogens (tertiary/aromatic N) is 3. The number of rotatable bonds is 3. The fourth-order valence-corrected chi connectivity index (χ4v) is 2.57. The predicted octanol–water partition coefficient (Wildman–Crippen LogP) is 3.13. The molecule has 0 unspecified atom stereocenters. The van der Waals surface area contributed by atoms with E-state index in [1.165, 1.54) is 12.8 Å². The van der Waals surface area contributed by atoms with E-state index in [-0.39, 0.29) is 24.0 Å². The number of guanidine groups is 1. The first-order valence-electron chi connectivity index (χ1n) is 7.33. The Kier molecular flexibility index (Phi) is 6.23. The largest absolute Gasteiger partial charge is 0.359 e. The summed E-state index contributed by atoms with van der Waals surface area (Å²) in [5.74, 6) is 1.75. The molecule has 6 heteroatoms. The molecule has 0 radical (unpaired) electrons. The van der Waals surface area contributed by atoms with E-state index in [0.717, 1.165) is 36.1 Å². The number of aliphatic imine (C=N–C) groups is 1. The summed E-state index contributed by atoms with van der Waals surface area (Å²) >= 11 is 0. The molecule has 0 saturated carbocycles. The van der Waals surface area contributed by atoms with Gasteiger partial charge in [-0.15, -0.1) is 24.0 Å². The van der Waals surface area contributed by atoms with Gasteiger partial charge in [0.1, 0.15) is 5.69 Å². The molecule has 1 N–H and O–H groups in total. The molecule has 22 heavy (non-hydrogen) atoms. The van der Waals surface area contributed by atoms with Gasteiger partial charge >= 0.3 is 0 Å². The molecule has 3 rings (SSSR count). The van der Waals surface area contributed by atoms with Crippen molar-refractivity contribution < 1.29 is 4.52 Å². The molecular formula is C16H21IN4O. The van der Waals surface area contributed by atoms with Crippen LogP contribution in [0.4, 0.5) is 0 Å². The van der Waals surface area contributed by atoms with Crippen LogP contribution >= 0.6 is 24.0 Å². The highest BCUT2D eigenvalue weighted by molar-refractivity contribution is 14.0. The van der Waals surface area contributed by atoms with Crippen molar-refractivity contribution in [1.29, 1.82) is 0 Å². The Bertz CT molecular complexity index is 606. The number of halogens is 1. The third-order valence-electron chi connectivity index (χ3n) is 3.67. The summed E-state index contributed by atoms with van der Waals surface area (Å²) < 4.78 is 5.39. The first-order chi connectivity index (χ1) is 10.4. The molecular weight excluding hydrogens is 391 g/mol. The molecule has 0 aliphatic carbocycles. The molecule has 1 aliphatic rings. The average Bonchev–Trinajstić information content (AvgIpc) is 3.20. The molecule has 1 fully saturated rings. The molecule has 1 aromatic carbocycles. The number of nitrogens with one attached hydrogen (secondary N) is 1. The zero-order valence-electron chi connectivity index (χ0n) is 12.7. The molecule has 5 nitrogen and oxygen atoms in total. The van der Waals surface area contributed by atoms with Crippen molar-refractivity contribution in [2.45, 2.75) is 19.4 Å². The van der Waals surface area contributed by atoms with E-state index in [4.69, 9.17) is 4.52 Å². The number of benzene rings is 1. The van der Waals surface area contributed by atoms with Gasteiger partial charge in [-0.05, 0) is 12.8 Å². The van der Waals surface area contributed by atoms with Gasteiger partial charge in [0.2, 0.25) is 0 Å². The minimum absolute atomic E-state index is 0. The van der Waals surface area contributed by atoms with E-state index in [1.807, 2.05) is 43.4 Å². The van der Waals surface area contributed by atoms with Crippen LogP contribution in [-0.4, -0.2) is 36.2 Å². The molecule has 0 spiro atoms. The topological polar surface area (TPSA) is 53.7 Å². The quantitative estimate of drug-likeness (QED) is 0.478. The Morgan fingerprint density at radius 1 is 1.27 bits per heavy atom. The van der Waals surface area contributed by atoms with Crippen LogP contribution in [0.5, 0.6) is 0 Å². The van der Waals surface area contributed by atoms with Crippen LogP contribution < -0.4 is 5.32 Å². The highest BCUT2D eigenvalue weighted by Crippen LogP contribution is 2.18. The third kappa shape index (κ3) is 4.00. The van der Waals surface area contributed by atoms with Crippen molar-refractivity contribution in [2.75, 3.05) is 20.1 Å². The van der Waals surface area contributed by atoms with E-state index < -0.39 is 0 Å². The van der Waals surface area contributed by atoms with Crippen molar-refractivity contribution in [3.05, 3.63) is 42.2 Å². The highest BCUT2D eigenvalue weighted by atomic mass is 127. The Labute approximate surface area is 147 Å². The number of hydrogen-bond acceptors (Lipinski definition) is 3. The summed E-state index contributed by atoms with van der Waals surface area (Å²) in [5, 5.41) is 7.45. The summed E-state index contributed by atoms with van der Waals surface area (Å²) in [6, 6.07) is 12.0. The van der Waals surface area contributed by atoms with Crippen LogP contribution in [0.25, 0.3) is 11.3 Å². The molecule has 0 amide bonds. The third-order valence-corrected chi connectivity index (χ3v) is 3.67. The van der Waals surface area contributed by atoms with Gasteiger partial charge in [-0.3, -0.25) is 4.99 Å². The van der Waals surface area contributed by atoms with Crippen LogP contribution in [0.15, 0.2) is 45.9 Å². The van der Waals surface area contributed by atoms with Crippen LogP contribution in [0.2, 0.25) is 0 Å². The van der Waals surface area contributed by atoms with Crippen LogP contribution in [0, 0.1) is 0 Å². The Balaban J connectivity index is 0.00000176. The van der Waals surface area contributed by atoms with Gasteiger partial charge in [0.05, 0.1) is 6.54 Å². The van der Waals surface area contributed by atoms with Crippen molar-refractivity contribution in [3.8, 4) is 11.3 Å². The van der Waals surface area contributed by atoms with E-state index in [2.05, 4.69) is 20.4 Å². The fraction of sp³-hybridized carbons (Fsp3) is 0.375. The molecule has 1 saturated heterocycles. The average molecular weight is 412 g/mol. The van der Waals surface area contributed by atoms with Crippen LogP contribution in [0.3, 0.4) is 0 Å². The zero-order valence-corrected chi connectivity index (χ0v) is 15.0. The van der Waals surface area contributed by atoms with Gasteiger partial charge in [0, 0.05) is 31.8 Å². The second-order valence-electron chi connectivity index (χ2n) is 5.14. The van der Waals surface area contributed by atoms with Crippen molar-refractivity contribution in [2.24, 2.45) is 4.99 Å². The first-order valence-corrected chi connectivity index (χ1v) is 7.33. The Morgan fingerprint density at radius 3 is 2.68 bits per heavy atom. The van der Waals surface area contributed by atoms with Crippen LogP contribution in [-0.2, 0) is 6.54 Å². The molecule has 118 valence electrons. The van der Waals surface area contributed by atoms with Gasteiger partial charge < -0.3 is 14.7 Å². The summed E-state index contributed by atoms with van der Waals surface area (Å²) in [4.78, 5) is 6.59. The van der Waals surface area contributed by atoms with E-state index in [9.17, 15) is 0 Å². The first kappa shape index (κ1) is 16.8. The highest BCUT2D eigenvalue weighted by Gasteiger charge is 2.16. The SMILES string of the molecule is CN=C(NCc1cc(-c2ccccc2)no1)N1CCCC1.I. The molecule has 2 heterocycles. The normalized spacial score (nSPS) is 14.8.